The first-order valence-electron chi connectivity index (χ1n) is 5.47. The smallest absolute Gasteiger partial charge is 0.0604 e. The van der Waals surface area contributed by atoms with Gasteiger partial charge in [0, 0.05) is 24.4 Å². The predicted molar refractivity (Wildman–Crippen MR) is 73.5 cm³/mol. The zero-order valence-electron chi connectivity index (χ0n) is 9.75. The molecule has 2 nitrogen and oxygen atoms in total. The molecule has 0 aliphatic heterocycles. The van der Waals surface area contributed by atoms with Crippen molar-refractivity contribution in [3.05, 3.63) is 28.2 Å². The second-order valence-corrected chi connectivity index (χ2v) is 6.06. The van der Waals surface area contributed by atoms with Crippen LogP contribution in [-0.4, -0.2) is 23.7 Å². The van der Waals surface area contributed by atoms with Crippen LogP contribution in [0.15, 0.2) is 23.1 Å². The van der Waals surface area contributed by atoms with Crippen LogP contribution in [0.1, 0.15) is 19.3 Å². The highest BCUT2D eigenvalue weighted by Crippen LogP contribution is 2.24. The van der Waals surface area contributed by atoms with Crippen molar-refractivity contribution >= 4 is 34.0 Å². The molecule has 17 heavy (non-hydrogen) atoms. The van der Waals surface area contributed by atoms with E-state index in [4.69, 9.17) is 27.9 Å². The maximum Gasteiger partial charge on any atom is 0.0604 e. The molecule has 1 aromatic rings. The van der Waals surface area contributed by atoms with Crippen molar-refractivity contribution in [2.75, 3.05) is 19.5 Å². The molecule has 1 atom stereocenters. The number of hydrogen-bond donors (Lipinski definition) is 0. The van der Waals surface area contributed by atoms with Crippen molar-refractivity contribution in [2.45, 2.75) is 24.2 Å². The molecule has 1 aromatic carbocycles. The average Bonchev–Trinajstić information content (AvgIpc) is 2.32. The molecule has 1 rings (SSSR count). The Morgan fingerprint density at radius 1 is 1.18 bits per heavy atom. The Bertz CT molecular complexity index is 383. The number of ether oxygens (including phenoxy) is 1. The van der Waals surface area contributed by atoms with Crippen LogP contribution in [0.2, 0.25) is 10.0 Å². The van der Waals surface area contributed by atoms with E-state index in [0.29, 0.717) is 15.8 Å². The van der Waals surface area contributed by atoms with E-state index >= 15 is 0 Å². The maximum absolute atomic E-state index is 11.9. The minimum atomic E-state index is -0.991. The summed E-state index contributed by atoms with van der Waals surface area (Å²) in [5.74, 6) is 0.654. The molecule has 0 bridgehead atoms. The first kappa shape index (κ1) is 15.0. The van der Waals surface area contributed by atoms with E-state index in [9.17, 15) is 4.21 Å². The lowest BCUT2D eigenvalue weighted by atomic mass is 10.3. The molecule has 0 saturated heterocycles. The van der Waals surface area contributed by atoms with E-state index in [1.54, 1.807) is 25.3 Å². The molecule has 0 aliphatic rings. The Balaban J connectivity index is 2.39. The van der Waals surface area contributed by atoms with Crippen LogP contribution in [-0.2, 0) is 15.5 Å². The van der Waals surface area contributed by atoms with Gasteiger partial charge in [-0.05, 0) is 31.0 Å². The summed E-state index contributed by atoms with van der Waals surface area (Å²) in [5.41, 5.74) is 0. The molecular weight excluding hydrogens is 279 g/mol. The van der Waals surface area contributed by atoms with Crippen LogP contribution in [0.3, 0.4) is 0 Å². The van der Waals surface area contributed by atoms with E-state index in [1.807, 2.05) is 0 Å². The third-order valence-electron chi connectivity index (χ3n) is 2.33. The van der Waals surface area contributed by atoms with E-state index in [-0.39, 0.29) is 0 Å². The summed E-state index contributed by atoms with van der Waals surface area (Å²) in [6.45, 7) is 0.763. The fraction of sp³-hybridized carbons (Fsp3) is 0.500. The summed E-state index contributed by atoms with van der Waals surface area (Å²) in [6.07, 6.45) is 2.96. The number of halogens is 2. The minimum Gasteiger partial charge on any atom is -0.385 e. The molecule has 0 aliphatic carbocycles. The van der Waals surface area contributed by atoms with Crippen molar-refractivity contribution in [1.82, 2.24) is 0 Å². The Morgan fingerprint density at radius 2 is 1.94 bits per heavy atom. The first-order valence-corrected chi connectivity index (χ1v) is 7.55. The summed E-state index contributed by atoms with van der Waals surface area (Å²) in [6, 6.07) is 5.12. The molecular formula is C12H16Cl2O2S. The Hall–Kier alpha value is -0.0900. The largest absolute Gasteiger partial charge is 0.385 e. The summed E-state index contributed by atoms with van der Waals surface area (Å²) < 4.78 is 16.9. The summed E-state index contributed by atoms with van der Waals surface area (Å²) in [5, 5.41) is 0.949. The van der Waals surface area contributed by atoms with Gasteiger partial charge in [-0.15, -0.1) is 0 Å². The molecule has 0 unspecified atom stereocenters. The fourth-order valence-corrected chi connectivity index (χ4v) is 2.93. The van der Waals surface area contributed by atoms with Crippen molar-refractivity contribution in [3.8, 4) is 0 Å². The maximum atomic E-state index is 11.9. The van der Waals surface area contributed by atoms with Gasteiger partial charge in [-0.3, -0.25) is 4.21 Å². The second kappa shape index (κ2) is 8.09. The van der Waals surface area contributed by atoms with Gasteiger partial charge in [-0.1, -0.05) is 29.6 Å². The second-order valence-electron chi connectivity index (χ2n) is 3.68. The number of rotatable bonds is 7. The van der Waals surface area contributed by atoms with Gasteiger partial charge in [0.25, 0.3) is 0 Å². The SMILES string of the molecule is COCCCCC[S@](=O)c1ccc(Cl)c(Cl)c1. The van der Waals surface area contributed by atoms with Crippen LogP contribution < -0.4 is 0 Å². The molecule has 0 aromatic heterocycles. The third-order valence-corrected chi connectivity index (χ3v) is 4.51. The van der Waals surface area contributed by atoms with Gasteiger partial charge in [0.05, 0.1) is 20.8 Å². The summed E-state index contributed by atoms with van der Waals surface area (Å²) >= 11 is 11.7. The van der Waals surface area contributed by atoms with Crippen molar-refractivity contribution in [1.29, 1.82) is 0 Å². The van der Waals surface area contributed by atoms with Gasteiger partial charge in [-0.25, -0.2) is 0 Å². The lowest BCUT2D eigenvalue weighted by Crippen LogP contribution is -1.99. The first-order chi connectivity index (χ1) is 8.15. The van der Waals surface area contributed by atoms with Crippen LogP contribution in [0, 0.1) is 0 Å². The highest BCUT2D eigenvalue weighted by molar-refractivity contribution is 7.85. The molecule has 0 fully saturated rings. The Labute approximate surface area is 115 Å². The fourth-order valence-electron chi connectivity index (χ4n) is 1.39. The molecule has 0 amide bonds. The molecule has 0 spiro atoms. The predicted octanol–water partition coefficient (Wildman–Crippen LogP) is 3.92. The lowest BCUT2D eigenvalue weighted by molar-refractivity contribution is 0.192. The number of unbranched alkanes of at least 4 members (excludes halogenated alkanes) is 2. The standard InChI is InChI=1S/C12H16Cl2O2S/c1-16-7-3-2-4-8-17(15)10-5-6-11(13)12(14)9-10/h5-6,9H,2-4,7-8H2,1H3/t17-/m0/s1. The minimum absolute atomic E-state index is 0.455. The van der Waals surface area contributed by atoms with Crippen LogP contribution in [0.4, 0.5) is 0 Å². The number of methoxy groups -OCH3 is 1. The van der Waals surface area contributed by atoms with E-state index in [0.717, 1.165) is 30.8 Å². The molecule has 0 heterocycles. The van der Waals surface area contributed by atoms with Crippen molar-refractivity contribution in [2.24, 2.45) is 0 Å². The van der Waals surface area contributed by atoms with Gasteiger partial charge < -0.3 is 4.74 Å². The topological polar surface area (TPSA) is 26.3 Å². The van der Waals surface area contributed by atoms with Gasteiger partial charge in [0.15, 0.2) is 0 Å². The molecule has 5 heteroatoms. The normalized spacial score (nSPS) is 12.6. The average molecular weight is 295 g/mol. The third kappa shape index (κ3) is 5.38. The van der Waals surface area contributed by atoms with Gasteiger partial charge in [0.2, 0.25) is 0 Å². The molecule has 0 radical (unpaired) electrons. The van der Waals surface area contributed by atoms with E-state index in [2.05, 4.69) is 0 Å². The van der Waals surface area contributed by atoms with Crippen LogP contribution in [0.5, 0.6) is 0 Å². The van der Waals surface area contributed by atoms with E-state index < -0.39 is 10.8 Å². The van der Waals surface area contributed by atoms with Crippen molar-refractivity contribution in [3.63, 3.8) is 0 Å². The number of hydrogen-bond acceptors (Lipinski definition) is 2. The zero-order chi connectivity index (χ0) is 12.7. The van der Waals surface area contributed by atoms with Gasteiger partial charge in [-0.2, -0.15) is 0 Å². The van der Waals surface area contributed by atoms with E-state index in [1.165, 1.54) is 0 Å². The summed E-state index contributed by atoms with van der Waals surface area (Å²) in [7, 11) is 0.697. The van der Waals surface area contributed by atoms with Crippen LogP contribution >= 0.6 is 23.2 Å². The zero-order valence-corrected chi connectivity index (χ0v) is 12.1. The number of benzene rings is 1. The Morgan fingerprint density at radius 3 is 2.59 bits per heavy atom. The van der Waals surface area contributed by atoms with Crippen molar-refractivity contribution < 1.29 is 8.95 Å². The van der Waals surface area contributed by atoms with Crippen LogP contribution in [0.25, 0.3) is 0 Å². The molecule has 0 saturated carbocycles. The Kier molecular flexibility index (Phi) is 7.12. The summed E-state index contributed by atoms with van der Waals surface area (Å²) in [4.78, 5) is 0.742. The quantitative estimate of drug-likeness (QED) is 0.713. The molecule has 96 valence electrons. The lowest BCUT2D eigenvalue weighted by Gasteiger charge is -2.04. The highest BCUT2D eigenvalue weighted by atomic mass is 35.5. The van der Waals surface area contributed by atoms with Gasteiger partial charge >= 0.3 is 0 Å². The monoisotopic (exact) mass is 294 g/mol. The highest BCUT2D eigenvalue weighted by Gasteiger charge is 2.06. The van der Waals surface area contributed by atoms with Gasteiger partial charge in [0.1, 0.15) is 0 Å². The molecule has 0 N–H and O–H groups in total.